The van der Waals surface area contributed by atoms with Crippen LogP contribution in [0.25, 0.3) is 11.1 Å². The molecule has 0 saturated carbocycles. The van der Waals surface area contributed by atoms with Crippen LogP contribution < -0.4 is 10.6 Å². The van der Waals surface area contributed by atoms with Gasteiger partial charge in [0.1, 0.15) is 12.4 Å². The minimum Gasteiger partial charge on any atom is -0.481 e. The van der Waals surface area contributed by atoms with E-state index in [1.807, 2.05) is 36.4 Å². The second-order valence-corrected chi connectivity index (χ2v) is 8.82. The van der Waals surface area contributed by atoms with Crippen LogP contribution in [-0.4, -0.2) is 36.2 Å². The van der Waals surface area contributed by atoms with Crippen molar-refractivity contribution in [3.8, 4) is 11.1 Å². The highest BCUT2D eigenvalue weighted by atomic mass is 16.5. The summed E-state index contributed by atoms with van der Waals surface area (Å²) in [5.74, 6) is -1.17. The number of rotatable bonds is 8. The van der Waals surface area contributed by atoms with Crippen molar-refractivity contribution in [2.75, 3.05) is 13.2 Å². The molecule has 8 heteroatoms. The number of ether oxygens (including phenoxy) is 1. The van der Waals surface area contributed by atoms with Crippen LogP contribution in [0.2, 0.25) is 0 Å². The molecule has 3 N–H and O–H groups in total. The molecule has 1 aliphatic carbocycles. The summed E-state index contributed by atoms with van der Waals surface area (Å²) in [5.41, 5.74) is 3.46. The van der Waals surface area contributed by atoms with E-state index in [4.69, 9.17) is 14.3 Å². The minimum atomic E-state index is -1.10. The summed E-state index contributed by atoms with van der Waals surface area (Å²) >= 11 is 0. The molecule has 8 nitrogen and oxygen atoms in total. The van der Waals surface area contributed by atoms with Gasteiger partial charge in [-0.25, -0.2) is 4.79 Å². The predicted molar refractivity (Wildman–Crippen MR) is 124 cm³/mol. The number of aliphatic carboxylic acids is 1. The van der Waals surface area contributed by atoms with Gasteiger partial charge in [-0.05, 0) is 48.2 Å². The third-order valence-corrected chi connectivity index (χ3v) is 5.91. The van der Waals surface area contributed by atoms with E-state index in [0.29, 0.717) is 5.76 Å². The zero-order valence-corrected chi connectivity index (χ0v) is 19.0. The van der Waals surface area contributed by atoms with Gasteiger partial charge >= 0.3 is 12.1 Å². The summed E-state index contributed by atoms with van der Waals surface area (Å²) < 4.78 is 11.0. The van der Waals surface area contributed by atoms with E-state index in [-0.39, 0.29) is 31.4 Å². The van der Waals surface area contributed by atoms with Crippen molar-refractivity contribution in [1.29, 1.82) is 0 Å². The number of hydrogen-bond donors (Lipinski definition) is 3. The number of carbonyl (C=O) groups is 3. The Labute approximate surface area is 196 Å². The number of nitrogens with one attached hydrogen (secondary N) is 2. The Morgan fingerprint density at radius 3 is 2.18 bits per heavy atom. The van der Waals surface area contributed by atoms with Crippen LogP contribution in [0, 0.1) is 5.41 Å². The lowest BCUT2D eigenvalue weighted by atomic mass is 9.94. The van der Waals surface area contributed by atoms with Crippen molar-refractivity contribution in [2.45, 2.75) is 26.3 Å². The predicted octanol–water partition coefficient (Wildman–Crippen LogP) is 4.16. The van der Waals surface area contributed by atoms with Crippen LogP contribution in [0.4, 0.5) is 4.79 Å². The fourth-order valence-corrected chi connectivity index (χ4v) is 3.87. The smallest absolute Gasteiger partial charge is 0.407 e. The van der Waals surface area contributed by atoms with Gasteiger partial charge in [0.25, 0.3) is 5.91 Å². The number of amides is 2. The van der Waals surface area contributed by atoms with Crippen molar-refractivity contribution in [3.63, 3.8) is 0 Å². The molecule has 0 spiro atoms. The second kappa shape index (κ2) is 9.43. The maximum Gasteiger partial charge on any atom is 0.407 e. The van der Waals surface area contributed by atoms with Gasteiger partial charge in [0.2, 0.25) is 0 Å². The zero-order chi connectivity index (χ0) is 24.3. The molecule has 176 valence electrons. The average molecular weight is 463 g/mol. The van der Waals surface area contributed by atoms with Gasteiger partial charge in [0, 0.05) is 12.5 Å². The van der Waals surface area contributed by atoms with Crippen LogP contribution in [0.5, 0.6) is 0 Å². The average Bonchev–Trinajstić information content (AvgIpc) is 3.43. The quantitative estimate of drug-likeness (QED) is 0.463. The first-order valence-corrected chi connectivity index (χ1v) is 11.0. The lowest BCUT2D eigenvalue weighted by Crippen LogP contribution is -2.38. The topological polar surface area (TPSA) is 118 Å². The van der Waals surface area contributed by atoms with E-state index in [9.17, 15) is 14.4 Å². The minimum absolute atomic E-state index is 0.0329. The van der Waals surface area contributed by atoms with Crippen molar-refractivity contribution < 1.29 is 28.6 Å². The van der Waals surface area contributed by atoms with Crippen LogP contribution in [0.1, 0.15) is 47.2 Å². The van der Waals surface area contributed by atoms with Crippen molar-refractivity contribution >= 4 is 18.0 Å². The van der Waals surface area contributed by atoms with Gasteiger partial charge in [0.15, 0.2) is 5.76 Å². The molecule has 3 aromatic rings. The van der Waals surface area contributed by atoms with Gasteiger partial charge in [-0.15, -0.1) is 0 Å². The van der Waals surface area contributed by atoms with E-state index in [2.05, 4.69) is 22.8 Å². The van der Waals surface area contributed by atoms with Crippen molar-refractivity contribution in [2.24, 2.45) is 5.41 Å². The molecule has 0 fully saturated rings. The summed E-state index contributed by atoms with van der Waals surface area (Å²) in [5, 5.41) is 14.3. The van der Waals surface area contributed by atoms with Gasteiger partial charge in [0.05, 0.1) is 12.0 Å². The van der Waals surface area contributed by atoms with Crippen LogP contribution in [0.3, 0.4) is 0 Å². The SMILES string of the molecule is CC(C)(CNC(=O)c1ccc(CNC(=O)OCC2c3ccccc3-c3ccccc32)o1)C(=O)O. The number of carboxylic acid groups (broad SMARTS) is 1. The van der Waals surface area contributed by atoms with Crippen LogP contribution in [0.15, 0.2) is 65.1 Å². The Kier molecular flexibility index (Phi) is 6.40. The standard InChI is InChI=1S/C26H26N2O6/c1-26(2,24(30)31)15-28-23(29)22-12-11-16(34-22)13-27-25(32)33-14-21-19-9-5-3-7-17(19)18-8-4-6-10-20(18)21/h3-12,21H,13-15H2,1-2H3,(H,27,32)(H,28,29)(H,30,31). The zero-order valence-electron chi connectivity index (χ0n) is 19.0. The summed E-state index contributed by atoms with van der Waals surface area (Å²) in [7, 11) is 0. The highest BCUT2D eigenvalue weighted by Crippen LogP contribution is 2.44. The Bertz CT molecular complexity index is 1180. The molecule has 2 aromatic carbocycles. The molecule has 0 bridgehead atoms. The Balaban J connectivity index is 1.29. The normalized spacial score (nSPS) is 12.5. The summed E-state index contributed by atoms with van der Waals surface area (Å²) in [6, 6.07) is 19.2. The molecule has 0 unspecified atom stereocenters. The molecule has 34 heavy (non-hydrogen) atoms. The van der Waals surface area contributed by atoms with Crippen molar-refractivity contribution in [1.82, 2.24) is 10.6 Å². The van der Waals surface area contributed by atoms with Gasteiger partial charge in [-0.3, -0.25) is 9.59 Å². The molecule has 4 rings (SSSR count). The first-order valence-electron chi connectivity index (χ1n) is 11.0. The molecule has 0 atom stereocenters. The number of alkyl carbamates (subject to hydrolysis) is 1. The number of hydrogen-bond acceptors (Lipinski definition) is 5. The van der Waals surface area contributed by atoms with Crippen molar-refractivity contribution in [3.05, 3.63) is 83.3 Å². The fourth-order valence-electron chi connectivity index (χ4n) is 3.87. The molecule has 1 aromatic heterocycles. The van der Waals surface area contributed by atoms with E-state index in [0.717, 1.165) is 22.3 Å². The largest absolute Gasteiger partial charge is 0.481 e. The lowest BCUT2D eigenvalue weighted by molar-refractivity contribution is -0.146. The first-order chi connectivity index (χ1) is 16.3. The molecule has 2 amide bonds. The lowest BCUT2D eigenvalue weighted by Gasteiger charge is -2.18. The van der Waals surface area contributed by atoms with Gasteiger partial charge < -0.3 is 24.9 Å². The fraction of sp³-hybridized carbons (Fsp3) is 0.269. The molecule has 0 radical (unpaired) electrons. The van der Waals surface area contributed by atoms with Crippen LogP contribution in [-0.2, 0) is 16.1 Å². The number of fused-ring (bicyclic) bond motifs is 3. The van der Waals surface area contributed by atoms with Crippen LogP contribution >= 0.6 is 0 Å². The summed E-state index contributed by atoms with van der Waals surface area (Å²) in [4.78, 5) is 35.7. The molecule has 0 saturated heterocycles. The first kappa shape index (κ1) is 23.1. The maximum absolute atomic E-state index is 12.3. The maximum atomic E-state index is 12.3. The second-order valence-electron chi connectivity index (χ2n) is 8.82. The molecular weight excluding hydrogens is 436 g/mol. The molecule has 1 heterocycles. The number of carbonyl (C=O) groups excluding carboxylic acids is 2. The highest BCUT2D eigenvalue weighted by molar-refractivity contribution is 5.92. The number of furan rings is 1. The molecule has 0 aliphatic heterocycles. The molecule has 1 aliphatic rings. The van der Waals surface area contributed by atoms with E-state index in [1.54, 1.807) is 6.07 Å². The third kappa shape index (κ3) is 4.80. The summed E-state index contributed by atoms with van der Waals surface area (Å²) in [6.45, 7) is 3.23. The van der Waals surface area contributed by atoms with E-state index < -0.39 is 23.4 Å². The Morgan fingerprint density at radius 1 is 0.941 bits per heavy atom. The van der Waals surface area contributed by atoms with Gasteiger partial charge in [-0.2, -0.15) is 0 Å². The number of carboxylic acids is 1. The Morgan fingerprint density at radius 2 is 1.56 bits per heavy atom. The van der Waals surface area contributed by atoms with Gasteiger partial charge in [-0.1, -0.05) is 48.5 Å². The highest BCUT2D eigenvalue weighted by Gasteiger charge is 2.29. The van der Waals surface area contributed by atoms with E-state index >= 15 is 0 Å². The summed E-state index contributed by atoms with van der Waals surface area (Å²) in [6.07, 6.45) is -0.590. The number of benzene rings is 2. The molecular formula is C26H26N2O6. The van der Waals surface area contributed by atoms with E-state index in [1.165, 1.54) is 19.9 Å². The third-order valence-electron chi connectivity index (χ3n) is 5.91. The Hall–Kier alpha value is -4.07. The monoisotopic (exact) mass is 462 g/mol.